The molecule has 0 bridgehead atoms. The van der Waals surface area contributed by atoms with Crippen molar-refractivity contribution < 1.29 is 14.7 Å². The molecule has 0 aliphatic heterocycles. The minimum Gasteiger partial charge on any atom is -0.478 e. The van der Waals surface area contributed by atoms with Crippen molar-refractivity contribution in [3.8, 4) is 0 Å². The van der Waals surface area contributed by atoms with Gasteiger partial charge in [0.05, 0.1) is 4.88 Å². The number of aliphatic carboxylic acids is 1. The lowest BCUT2D eigenvalue weighted by atomic mass is 10.2. The second kappa shape index (κ2) is 6.85. The van der Waals surface area contributed by atoms with Crippen molar-refractivity contribution in [2.24, 2.45) is 7.05 Å². The van der Waals surface area contributed by atoms with Gasteiger partial charge in [-0.3, -0.25) is 4.79 Å². The number of aryl methyl sites for hydroxylation is 1. The maximum Gasteiger partial charge on any atom is 0.328 e. The summed E-state index contributed by atoms with van der Waals surface area (Å²) in [7, 11) is 1.90. The van der Waals surface area contributed by atoms with Crippen LogP contribution in [-0.2, 0) is 18.3 Å². The molecule has 2 N–H and O–H groups in total. The molecule has 0 atom stereocenters. The molecule has 0 unspecified atom stereocenters. The number of amides is 1. The van der Waals surface area contributed by atoms with Gasteiger partial charge in [-0.05, 0) is 23.1 Å². The second-order valence-electron chi connectivity index (χ2n) is 4.34. The maximum atomic E-state index is 12.1. The number of aromatic nitrogens is 2. The van der Waals surface area contributed by atoms with E-state index in [-0.39, 0.29) is 5.91 Å². The van der Waals surface area contributed by atoms with Crippen LogP contribution in [-0.4, -0.2) is 33.1 Å². The quantitative estimate of drug-likeness (QED) is 0.793. The van der Waals surface area contributed by atoms with Crippen molar-refractivity contribution in [3.63, 3.8) is 0 Å². The molecule has 2 rings (SSSR count). The van der Waals surface area contributed by atoms with Crippen LogP contribution in [0.2, 0.25) is 0 Å². The molecular formula is C14H15N3O3S. The van der Waals surface area contributed by atoms with Gasteiger partial charge in [-0.25, -0.2) is 9.78 Å². The predicted molar refractivity (Wildman–Crippen MR) is 80.2 cm³/mol. The molecule has 2 aromatic heterocycles. The zero-order chi connectivity index (χ0) is 15.2. The molecule has 110 valence electrons. The van der Waals surface area contributed by atoms with Crippen LogP contribution >= 0.6 is 11.3 Å². The van der Waals surface area contributed by atoms with E-state index >= 15 is 0 Å². The summed E-state index contributed by atoms with van der Waals surface area (Å²) in [6.07, 6.45) is 6.65. The Bertz CT molecular complexity index is 673. The molecule has 0 spiro atoms. The Hall–Kier alpha value is -2.41. The average molecular weight is 305 g/mol. The Morgan fingerprint density at radius 2 is 2.33 bits per heavy atom. The molecule has 0 aliphatic rings. The van der Waals surface area contributed by atoms with Crippen LogP contribution in [0.1, 0.15) is 21.1 Å². The van der Waals surface area contributed by atoms with E-state index in [4.69, 9.17) is 5.11 Å². The molecule has 0 saturated heterocycles. The summed E-state index contributed by atoms with van der Waals surface area (Å²) in [5, 5.41) is 13.2. The lowest BCUT2D eigenvalue weighted by Crippen LogP contribution is -2.26. The minimum atomic E-state index is -1.04. The first-order chi connectivity index (χ1) is 10.1. The molecule has 0 aliphatic carbocycles. The topological polar surface area (TPSA) is 84.2 Å². The largest absolute Gasteiger partial charge is 0.478 e. The van der Waals surface area contributed by atoms with Gasteiger partial charge in [0.2, 0.25) is 0 Å². The van der Waals surface area contributed by atoms with Crippen molar-refractivity contribution in [1.82, 2.24) is 14.9 Å². The van der Waals surface area contributed by atoms with Crippen LogP contribution in [0.4, 0.5) is 0 Å². The number of nitrogens with one attached hydrogen (secondary N) is 1. The fourth-order valence-corrected chi connectivity index (χ4v) is 2.60. The highest BCUT2D eigenvalue weighted by molar-refractivity contribution is 7.12. The van der Waals surface area contributed by atoms with E-state index in [0.29, 0.717) is 23.4 Å². The Morgan fingerprint density at radius 3 is 3.00 bits per heavy atom. The first-order valence-corrected chi connectivity index (χ1v) is 7.19. The summed E-state index contributed by atoms with van der Waals surface area (Å²) >= 11 is 1.28. The number of thiophene rings is 1. The van der Waals surface area contributed by atoms with Crippen LogP contribution < -0.4 is 5.32 Å². The van der Waals surface area contributed by atoms with E-state index in [1.54, 1.807) is 17.6 Å². The maximum absolute atomic E-state index is 12.1. The fourth-order valence-electron chi connectivity index (χ4n) is 1.80. The molecule has 6 nitrogen and oxygen atoms in total. The van der Waals surface area contributed by atoms with E-state index in [2.05, 4.69) is 10.3 Å². The molecule has 0 saturated carbocycles. The Labute approximate surface area is 125 Å². The van der Waals surface area contributed by atoms with E-state index < -0.39 is 5.97 Å². The highest BCUT2D eigenvalue weighted by Crippen LogP contribution is 2.18. The molecule has 0 radical (unpaired) electrons. The number of carbonyl (C=O) groups is 2. The second-order valence-corrected chi connectivity index (χ2v) is 5.25. The van der Waals surface area contributed by atoms with Gasteiger partial charge in [0.1, 0.15) is 5.82 Å². The molecule has 0 fully saturated rings. The van der Waals surface area contributed by atoms with E-state index in [9.17, 15) is 9.59 Å². The Morgan fingerprint density at radius 1 is 1.52 bits per heavy atom. The lowest BCUT2D eigenvalue weighted by Gasteiger charge is -2.05. The third-order valence-corrected chi connectivity index (χ3v) is 3.79. The third kappa shape index (κ3) is 4.03. The normalized spacial score (nSPS) is 10.9. The zero-order valence-corrected chi connectivity index (χ0v) is 12.3. The highest BCUT2D eigenvalue weighted by atomic mass is 32.1. The average Bonchev–Trinajstić information content (AvgIpc) is 3.05. The summed E-state index contributed by atoms with van der Waals surface area (Å²) in [6.45, 7) is 0.476. The number of carbonyl (C=O) groups excluding carboxylic acids is 1. The molecule has 21 heavy (non-hydrogen) atoms. The Balaban J connectivity index is 1.93. The van der Waals surface area contributed by atoms with E-state index in [1.807, 2.05) is 17.8 Å². The smallest absolute Gasteiger partial charge is 0.328 e. The number of carboxylic acids is 1. The predicted octanol–water partition coefficient (Wildman–Crippen LogP) is 1.55. The van der Waals surface area contributed by atoms with Crippen molar-refractivity contribution in [2.75, 3.05) is 6.54 Å². The first-order valence-electron chi connectivity index (χ1n) is 6.31. The van der Waals surface area contributed by atoms with Crippen LogP contribution in [0.5, 0.6) is 0 Å². The summed E-state index contributed by atoms with van der Waals surface area (Å²) in [4.78, 5) is 27.3. The highest BCUT2D eigenvalue weighted by Gasteiger charge is 2.11. The minimum absolute atomic E-state index is 0.204. The number of hydrogen-bond acceptors (Lipinski definition) is 4. The standard InChI is InChI=1S/C14H15N3O3S/c1-17-8-7-15-11(17)4-6-16-14(20)13-10(5-9-21-13)2-3-12(18)19/h2-3,5,7-9H,4,6H2,1H3,(H,16,20)(H,18,19). The van der Waals surface area contributed by atoms with Gasteiger partial charge >= 0.3 is 5.97 Å². The van der Waals surface area contributed by atoms with Gasteiger partial charge in [-0.2, -0.15) is 0 Å². The number of hydrogen-bond donors (Lipinski definition) is 2. The van der Waals surface area contributed by atoms with Crippen molar-refractivity contribution in [2.45, 2.75) is 6.42 Å². The van der Waals surface area contributed by atoms with Crippen LogP contribution in [0.15, 0.2) is 29.9 Å². The van der Waals surface area contributed by atoms with Crippen molar-refractivity contribution in [1.29, 1.82) is 0 Å². The van der Waals surface area contributed by atoms with Gasteiger partial charge in [-0.1, -0.05) is 0 Å². The monoisotopic (exact) mass is 305 g/mol. The fraction of sp³-hybridized carbons (Fsp3) is 0.214. The number of carboxylic acid groups (broad SMARTS) is 1. The molecule has 2 heterocycles. The van der Waals surface area contributed by atoms with Crippen molar-refractivity contribution >= 4 is 29.3 Å². The number of nitrogens with zero attached hydrogens (tertiary/aromatic N) is 2. The SMILES string of the molecule is Cn1ccnc1CCNC(=O)c1sccc1C=CC(=O)O. The first kappa shape index (κ1) is 15.0. The molecule has 2 aromatic rings. The van der Waals surface area contributed by atoms with E-state index in [0.717, 1.165) is 11.9 Å². The number of rotatable bonds is 6. The summed E-state index contributed by atoms with van der Waals surface area (Å²) in [5.41, 5.74) is 0.608. The van der Waals surface area contributed by atoms with Gasteiger partial charge in [0.15, 0.2) is 0 Å². The molecule has 7 heteroatoms. The number of imidazole rings is 1. The molecule has 1 amide bonds. The van der Waals surface area contributed by atoms with Crippen LogP contribution in [0.3, 0.4) is 0 Å². The van der Waals surface area contributed by atoms with Crippen LogP contribution in [0, 0.1) is 0 Å². The van der Waals surface area contributed by atoms with Gasteiger partial charge in [0, 0.05) is 38.5 Å². The summed E-state index contributed by atoms with van der Waals surface area (Å²) < 4.78 is 1.90. The van der Waals surface area contributed by atoms with Crippen molar-refractivity contribution in [3.05, 3.63) is 46.2 Å². The molecule has 0 aromatic carbocycles. The van der Waals surface area contributed by atoms with Gasteiger partial charge < -0.3 is 15.0 Å². The summed E-state index contributed by atoms with van der Waals surface area (Å²) in [6, 6.07) is 1.72. The molecular weight excluding hydrogens is 290 g/mol. The lowest BCUT2D eigenvalue weighted by molar-refractivity contribution is -0.131. The third-order valence-electron chi connectivity index (χ3n) is 2.86. The van der Waals surface area contributed by atoms with Gasteiger partial charge in [-0.15, -0.1) is 11.3 Å². The van der Waals surface area contributed by atoms with Gasteiger partial charge in [0.25, 0.3) is 5.91 Å². The zero-order valence-electron chi connectivity index (χ0n) is 11.4. The van der Waals surface area contributed by atoms with Crippen LogP contribution in [0.25, 0.3) is 6.08 Å². The Kier molecular flexibility index (Phi) is 4.89. The summed E-state index contributed by atoms with van der Waals surface area (Å²) in [5.74, 6) is -0.348. The van der Waals surface area contributed by atoms with E-state index in [1.165, 1.54) is 17.4 Å².